The smallest absolute Gasteiger partial charge is 0.339 e. The maximum Gasteiger partial charge on any atom is 0.339 e. The number of hydrogen-bond donors (Lipinski definition) is 1. The number of benzene rings is 1. The van der Waals surface area contributed by atoms with E-state index in [0.29, 0.717) is 36.3 Å². The molecule has 1 heterocycles. The maximum atomic E-state index is 13.1. The molecule has 2 aromatic rings. The van der Waals surface area contributed by atoms with Crippen LogP contribution in [0.15, 0.2) is 33.5 Å². The molecule has 1 aromatic carbocycles. The van der Waals surface area contributed by atoms with E-state index in [1.54, 1.807) is 0 Å². The van der Waals surface area contributed by atoms with Crippen LogP contribution >= 0.6 is 0 Å². The summed E-state index contributed by atoms with van der Waals surface area (Å²) < 4.78 is 23.4. The van der Waals surface area contributed by atoms with E-state index in [4.69, 9.17) is 14.9 Å². The minimum absolute atomic E-state index is 0.307. The van der Waals surface area contributed by atoms with E-state index < -0.39 is 11.4 Å². The van der Waals surface area contributed by atoms with Gasteiger partial charge in [-0.2, -0.15) is 0 Å². The average Bonchev–Trinajstić information content (AvgIpc) is 2.30. The SMILES string of the molecule is NCCCOc1cc(=O)oc2ccc(F)cc12. The number of hydrogen-bond acceptors (Lipinski definition) is 4. The van der Waals surface area contributed by atoms with Crippen molar-refractivity contribution >= 4 is 11.0 Å². The Balaban J connectivity index is 2.44. The van der Waals surface area contributed by atoms with Crippen LogP contribution in [-0.2, 0) is 0 Å². The van der Waals surface area contributed by atoms with Crippen LogP contribution in [0.2, 0.25) is 0 Å². The van der Waals surface area contributed by atoms with Crippen LogP contribution in [0.4, 0.5) is 4.39 Å². The predicted octanol–water partition coefficient (Wildman–Crippen LogP) is 1.66. The van der Waals surface area contributed by atoms with Gasteiger partial charge >= 0.3 is 5.63 Å². The van der Waals surface area contributed by atoms with Gasteiger partial charge in [0.1, 0.15) is 17.1 Å². The van der Waals surface area contributed by atoms with Gasteiger partial charge in [0, 0.05) is 0 Å². The van der Waals surface area contributed by atoms with Crippen LogP contribution in [0.5, 0.6) is 5.75 Å². The fourth-order valence-electron chi connectivity index (χ4n) is 1.49. The van der Waals surface area contributed by atoms with Gasteiger partial charge in [-0.15, -0.1) is 0 Å². The van der Waals surface area contributed by atoms with Crippen molar-refractivity contribution in [2.24, 2.45) is 5.73 Å². The minimum Gasteiger partial charge on any atom is -0.492 e. The molecule has 0 atom stereocenters. The van der Waals surface area contributed by atoms with Gasteiger partial charge in [0.25, 0.3) is 0 Å². The molecule has 0 aliphatic rings. The van der Waals surface area contributed by atoms with Crippen LogP contribution in [0.3, 0.4) is 0 Å². The van der Waals surface area contributed by atoms with Crippen molar-refractivity contribution in [3.63, 3.8) is 0 Å². The number of fused-ring (bicyclic) bond motifs is 1. The highest BCUT2D eigenvalue weighted by Gasteiger charge is 2.07. The third-order valence-electron chi connectivity index (χ3n) is 2.27. The molecule has 0 saturated heterocycles. The van der Waals surface area contributed by atoms with E-state index in [1.165, 1.54) is 24.3 Å². The summed E-state index contributed by atoms with van der Waals surface area (Å²) in [6.07, 6.45) is 0.664. The lowest BCUT2D eigenvalue weighted by molar-refractivity contribution is 0.314. The zero-order valence-electron chi connectivity index (χ0n) is 9.11. The second kappa shape index (κ2) is 4.97. The van der Waals surface area contributed by atoms with Crippen LogP contribution in [0.1, 0.15) is 6.42 Å². The van der Waals surface area contributed by atoms with Crippen LogP contribution < -0.4 is 16.1 Å². The van der Waals surface area contributed by atoms with Crippen molar-refractivity contribution in [3.05, 3.63) is 40.5 Å². The Morgan fingerprint density at radius 1 is 1.35 bits per heavy atom. The summed E-state index contributed by atoms with van der Waals surface area (Å²) in [6, 6.07) is 5.12. The summed E-state index contributed by atoms with van der Waals surface area (Å²) in [5.41, 5.74) is 5.12. The molecule has 17 heavy (non-hydrogen) atoms. The second-order valence-electron chi connectivity index (χ2n) is 3.56. The molecule has 0 unspecified atom stereocenters. The Kier molecular flexibility index (Phi) is 3.39. The van der Waals surface area contributed by atoms with Gasteiger partial charge in [0.15, 0.2) is 0 Å². The molecule has 0 bridgehead atoms. The molecule has 4 nitrogen and oxygen atoms in total. The monoisotopic (exact) mass is 237 g/mol. The first-order valence-corrected chi connectivity index (χ1v) is 5.27. The third kappa shape index (κ3) is 2.62. The Hall–Kier alpha value is -1.88. The van der Waals surface area contributed by atoms with Crippen LogP contribution in [0.25, 0.3) is 11.0 Å². The zero-order valence-corrected chi connectivity index (χ0v) is 9.11. The zero-order chi connectivity index (χ0) is 12.3. The van der Waals surface area contributed by atoms with E-state index in [2.05, 4.69) is 0 Å². The molecule has 0 spiro atoms. The molecule has 0 aliphatic carbocycles. The first-order valence-electron chi connectivity index (χ1n) is 5.27. The molecule has 0 aliphatic heterocycles. The first-order chi connectivity index (χ1) is 8.20. The quantitative estimate of drug-likeness (QED) is 0.648. The van der Waals surface area contributed by atoms with Crippen molar-refractivity contribution in [2.75, 3.05) is 13.2 Å². The van der Waals surface area contributed by atoms with Gasteiger partial charge in [-0.1, -0.05) is 0 Å². The van der Waals surface area contributed by atoms with Crippen molar-refractivity contribution < 1.29 is 13.5 Å². The summed E-state index contributed by atoms with van der Waals surface area (Å²) in [5, 5.41) is 0.446. The van der Waals surface area contributed by atoms with E-state index >= 15 is 0 Å². The minimum atomic E-state index is -0.521. The van der Waals surface area contributed by atoms with Gasteiger partial charge in [-0.25, -0.2) is 9.18 Å². The van der Waals surface area contributed by atoms with Crippen molar-refractivity contribution in [2.45, 2.75) is 6.42 Å². The molecule has 0 saturated carbocycles. The Morgan fingerprint density at radius 3 is 2.94 bits per heavy atom. The van der Waals surface area contributed by atoms with Gasteiger partial charge in [-0.05, 0) is 31.2 Å². The lowest BCUT2D eigenvalue weighted by Gasteiger charge is -2.07. The van der Waals surface area contributed by atoms with Crippen molar-refractivity contribution in [1.82, 2.24) is 0 Å². The molecule has 2 rings (SSSR count). The maximum absolute atomic E-state index is 13.1. The normalized spacial score (nSPS) is 10.7. The highest BCUT2D eigenvalue weighted by Crippen LogP contribution is 2.24. The summed E-state index contributed by atoms with van der Waals surface area (Å²) >= 11 is 0. The average molecular weight is 237 g/mol. The van der Waals surface area contributed by atoms with Gasteiger partial charge in [0.2, 0.25) is 0 Å². The predicted molar refractivity (Wildman–Crippen MR) is 61.6 cm³/mol. The van der Waals surface area contributed by atoms with Gasteiger partial charge in [-0.3, -0.25) is 0 Å². The number of ether oxygens (including phenoxy) is 1. The fraction of sp³-hybridized carbons (Fsp3) is 0.250. The summed E-state index contributed by atoms with van der Waals surface area (Å²) in [5.74, 6) is -0.0841. The van der Waals surface area contributed by atoms with Crippen molar-refractivity contribution in [1.29, 1.82) is 0 Å². The summed E-state index contributed by atoms with van der Waals surface area (Å²) in [6.45, 7) is 0.874. The molecular formula is C12H12FNO3. The van der Waals surface area contributed by atoms with Gasteiger partial charge < -0.3 is 14.9 Å². The number of rotatable bonds is 4. The highest BCUT2D eigenvalue weighted by molar-refractivity contribution is 5.83. The Labute approximate surface area is 96.8 Å². The molecule has 0 radical (unpaired) electrons. The number of nitrogens with two attached hydrogens (primary N) is 1. The van der Waals surface area contributed by atoms with E-state index in [-0.39, 0.29) is 0 Å². The van der Waals surface area contributed by atoms with E-state index in [9.17, 15) is 9.18 Å². The molecule has 90 valence electrons. The van der Waals surface area contributed by atoms with E-state index in [0.717, 1.165) is 0 Å². The Bertz CT molecular complexity index is 579. The fourth-order valence-corrected chi connectivity index (χ4v) is 1.49. The standard InChI is InChI=1S/C12H12FNO3/c13-8-2-3-10-9(6-8)11(7-12(15)17-10)16-5-1-4-14/h2-3,6-7H,1,4-5,14H2. The molecule has 5 heteroatoms. The molecule has 0 fully saturated rings. The first kappa shape index (κ1) is 11.6. The summed E-state index contributed by atoms with van der Waals surface area (Å²) in [4.78, 5) is 11.3. The highest BCUT2D eigenvalue weighted by atomic mass is 19.1. The van der Waals surface area contributed by atoms with Gasteiger partial charge in [0.05, 0.1) is 18.1 Å². The molecule has 2 N–H and O–H groups in total. The molecular weight excluding hydrogens is 225 g/mol. The lowest BCUT2D eigenvalue weighted by Crippen LogP contribution is -2.08. The summed E-state index contributed by atoms with van der Waals surface area (Å²) in [7, 11) is 0. The molecule has 0 amide bonds. The van der Waals surface area contributed by atoms with Crippen molar-refractivity contribution in [3.8, 4) is 5.75 Å². The largest absolute Gasteiger partial charge is 0.492 e. The topological polar surface area (TPSA) is 65.5 Å². The number of halogens is 1. The molecule has 1 aromatic heterocycles. The van der Waals surface area contributed by atoms with Crippen LogP contribution in [-0.4, -0.2) is 13.2 Å². The Morgan fingerprint density at radius 2 is 2.18 bits per heavy atom. The third-order valence-corrected chi connectivity index (χ3v) is 2.27. The second-order valence-corrected chi connectivity index (χ2v) is 3.56. The van der Waals surface area contributed by atoms with Crippen LogP contribution in [0, 0.1) is 5.82 Å². The van der Waals surface area contributed by atoms with E-state index in [1.807, 2.05) is 0 Å². The lowest BCUT2D eigenvalue weighted by atomic mass is 10.2.